The molecule has 9 heteroatoms. The fourth-order valence-corrected chi connectivity index (χ4v) is 3.31. The van der Waals surface area contributed by atoms with Crippen LogP contribution in [0.1, 0.15) is 0 Å². The topological polar surface area (TPSA) is 59.1 Å². The molecule has 0 spiro atoms. The molecule has 0 fully saturated rings. The molecule has 17 heavy (non-hydrogen) atoms. The number of rotatable bonds is 5. The molecule has 1 aromatic rings. The highest BCUT2D eigenvalue weighted by atomic mass is 35.5. The van der Waals surface area contributed by atoms with Crippen LogP contribution in [0.2, 0.25) is 5.15 Å². The van der Waals surface area contributed by atoms with Crippen LogP contribution in [-0.4, -0.2) is 32.6 Å². The van der Waals surface area contributed by atoms with E-state index in [4.69, 9.17) is 11.6 Å². The molecular formula is C8H9ClF2N2O2S2. The minimum absolute atomic E-state index is 0.141. The third-order valence-electron chi connectivity index (χ3n) is 1.74. The van der Waals surface area contributed by atoms with E-state index in [1.54, 1.807) is 11.0 Å². The summed E-state index contributed by atoms with van der Waals surface area (Å²) in [6.45, 7) is -0.932. The minimum atomic E-state index is -3.99. The Morgan fingerprint density at radius 3 is 2.76 bits per heavy atom. The van der Waals surface area contributed by atoms with Gasteiger partial charge in [-0.3, -0.25) is 0 Å². The highest BCUT2D eigenvalue weighted by Gasteiger charge is 2.20. The summed E-state index contributed by atoms with van der Waals surface area (Å²) in [6, 6.07) is 1.36. The number of pyridine rings is 1. The first-order valence-electron chi connectivity index (χ1n) is 4.34. The predicted molar refractivity (Wildman–Crippen MR) is 62.2 cm³/mol. The maximum atomic E-state index is 12.0. The van der Waals surface area contributed by atoms with Crippen LogP contribution in [0.4, 0.5) is 8.78 Å². The molecule has 0 aliphatic heterocycles. The fourth-order valence-electron chi connectivity index (χ4n) is 1.01. The van der Waals surface area contributed by atoms with E-state index in [0.29, 0.717) is 4.90 Å². The van der Waals surface area contributed by atoms with Gasteiger partial charge in [-0.1, -0.05) is 11.6 Å². The summed E-state index contributed by atoms with van der Waals surface area (Å²) >= 11 is 6.75. The normalized spacial score (nSPS) is 12.1. The van der Waals surface area contributed by atoms with E-state index in [1.807, 2.05) is 0 Å². The van der Waals surface area contributed by atoms with Crippen LogP contribution in [0.15, 0.2) is 22.1 Å². The first-order valence-corrected chi connectivity index (χ1v) is 7.42. The summed E-state index contributed by atoms with van der Waals surface area (Å²) in [5, 5.41) is 0.141. The zero-order chi connectivity index (χ0) is 13.1. The zero-order valence-corrected chi connectivity index (χ0v) is 11.0. The lowest BCUT2D eigenvalue weighted by molar-refractivity contribution is 0.153. The molecule has 0 aliphatic rings. The number of hydrogen-bond donors (Lipinski definition) is 1. The van der Waals surface area contributed by atoms with Crippen LogP contribution in [-0.2, 0) is 10.0 Å². The predicted octanol–water partition coefficient (Wildman–Crippen LogP) is 2.00. The highest BCUT2D eigenvalue weighted by molar-refractivity contribution is 7.99. The molecule has 0 aromatic carbocycles. The molecular weight excluding hydrogens is 294 g/mol. The highest BCUT2D eigenvalue weighted by Crippen LogP contribution is 2.26. The van der Waals surface area contributed by atoms with Crippen molar-refractivity contribution in [3.8, 4) is 0 Å². The molecule has 1 rings (SSSR count). The van der Waals surface area contributed by atoms with E-state index in [0.717, 1.165) is 18.0 Å². The summed E-state index contributed by atoms with van der Waals surface area (Å²) in [5.74, 6) is 0. The van der Waals surface area contributed by atoms with Gasteiger partial charge in [0.15, 0.2) is 0 Å². The first kappa shape index (κ1) is 14.6. The van der Waals surface area contributed by atoms with E-state index in [-0.39, 0.29) is 10.0 Å². The van der Waals surface area contributed by atoms with Crippen molar-refractivity contribution in [1.29, 1.82) is 0 Å². The van der Waals surface area contributed by atoms with Crippen molar-refractivity contribution in [1.82, 2.24) is 9.71 Å². The van der Waals surface area contributed by atoms with Gasteiger partial charge in [-0.15, -0.1) is 11.8 Å². The fraction of sp³-hybridized carbons (Fsp3) is 0.375. The van der Waals surface area contributed by atoms with Crippen LogP contribution in [0.25, 0.3) is 0 Å². The average molecular weight is 303 g/mol. The quantitative estimate of drug-likeness (QED) is 0.667. The van der Waals surface area contributed by atoms with Crippen molar-refractivity contribution in [2.45, 2.75) is 16.2 Å². The Labute approximate surface area is 107 Å². The first-order chi connectivity index (χ1) is 7.86. The van der Waals surface area contributed by atoms with Crippen molar-refractivity contribution in [3.05, 3.63) is 17.4 Å². The average Bonchev–Trinajstić information content (AvgIpc) is 2.26. The second-order valence-corrected chi connectivity index (χ2v) is 5.87. The largest absolute Gasteiger partial charge is 0.251 e. The number of sulfonamides is 1. The molecule has 0 bridgehead atoms. The van der Waals surface area contributed by atoms with Crippen LogP contribution in [0, 0.1) is 0 Å². The van der Waals surface area contributed by atoms with E-state index < -0.39 is 23.0 Å². The van der Waals surface area contributed by atoms with Crippen molar-refractivity contribution < 1.29 is 17.2 Å². The Balaban J connectivity index is 3.06. The maximum Gasteiger partial charge on any atom is 0.251 e. The molecule has 4 nitrogen and oxygen atoms in total. The molecule has 0 saturated carbocycles. The molecule has 96 valence electrons. The third-order valence-corrected chi connectivity index (χ3v) is 4.30. The lowest BCUT2D eigenvalue weighted by Gasteiger charge is -2.09. The van der Waals surface area contributed by atoms with Crippen LogP contribution in [0.3, 0.4) is 0 Å². The molecule has 0 aliphatic carbocycles. The Kier molecular flexibility index (Phi) is 5.11. The Bertz CT molecular complexity index is 496. The van der Waals surface area contributed by atoms with Gasteiger partial charge in [0.05, 0.1) is 6.54 Å². The van der Waals surface area contributed by atoms with E-state index in [9.17, 15) is 17.2 Å². The Morgan fingerprint density at radius 1 is 1.59 bits per heavy atom. The second-order valence-electron chi connectivity index (χ2n) is 2.90. The van der Waals surface area contributed by atoms with Crippen LogP contribution < -0.4 is 4.72 Å². The van der Waals surface area contributed by atoms with Crippen molar-refractivity contribution in [2.75, 3.05) is 12.8 Å². The van der Waals surface area contributed by atoms with Gasteiger partial charge in [-0.05, 0) is 12.3 Å². The number of alkyl halides is 2. The summed E-state index contributed by atoms with van der Waals surface area (Å²) in [7, 11) is -3.99. The van der Waals surface area contributed by atoms with Gasteiger partial charge in [0, 0.05) is 11.1 Å². The van der Waals surface area contributed by atoms with Crippen molar-refractivity contribution in [3.63, 3.8) is 0 Å². The minimum Gasteiger partial charge on any atom is -0.243 e. The summed E-state index contributed by atoms with van der Waals surface area (Å²) in [6.07, 6.45) is -0.0532. The number of hydrogen-bond acceptors (Lipinski definition) is 4. The van der Waals surface area contributed by atoms with Gasteiger partial charge in [-0.2, -0.15) is 0 Å². The van der Waals surface area contributed by atoms with Gasteiger partial charge < -0.3 is 0 Å². The summed E-state index contributed by atoms with van der Waals surface area (Å²) in [5.41, 5.74) is 0. The van der Waals surface area contributed by atoms with E-state index >= 15 is 0 Å². The van der Waals surface area contributed by atoms with Crippen LogP contribution in [0.5, 0.6) is 0 Å². The zero-order valence-electron chi connectivity index (χ0n) is 8.65. The molecule has 1 aromatic heterocycles. The molecule has 0 radical (unpaired) electrons. The monoisotopic (exact) mass is 302 g/mol. The molecule has 0 amide bonds. The molecule has 0 saturated heterocycles. The van der Waals surface area contributed by atoms with Gasteiger partial charge in [-0.25, -0.2) is 26.9 Å². The van der Waals surface area contributed by atoms with E-state index in [1.165, 1.54) is 6.07 Å². The molecule has 1 N–H and O–H groups in total. The molecule has 1 heterocycles. The summed E-state index contributed by atoms with van der Waals surface area (Å²) in [4.78, 5) is 3.82. The maximum absolute atomic E-state index is 12.0. The van der Waals surface area contributed by atoms with Crippen LogP contribution >= 0.6 is 23.4 Å². The number of thioether (sulfide) groups is 1. The number of nitrogens with one attached hydrogen (secondary N) is 1. The van der Waals surface area contributed by atoms with E-state index in [2.05, 4.69) is 4.98 Å². The number of halogens is 3. The number of aromatic nitrogens is 1. The third kappa shape index (κ3) is 4.06. The number of nitrogens with zero attached hydrogens (tertiary/aromatic N) is 1. The van der Waals surface area contributed by atoms with Gasteiger partial charge in [0.1, 0.15) is 10.0 Å². The van der Waals surface area contributed by atoms with Gasteiger partial charge in [0.2, 0.25) is 10.0 Å². The molecule has 0 atom stereocenters. The van der Waals surface area contributed by atoms with Gasteiger partial charge in [0.25, 0.3) is 6.43 Å². The Hall–Kier alpha value is -0.440. The lowest BCUT2D eigenvalue weighted by atomic mass is 10.5. The lowest BCUT2D eigenvalue weighted by Crippen LogP contribution is -2.29. The smallest absolute Gasteiger partial charge is 0.243 e. The summed E-state index contributed by atoms with van der Waals surface area (Å²) < 4.78 is 49.1. The Morgan fingerprint density at radius 2 is 2.24 bits per heavy atom. The van der Waals surface area contributed by atoms with Gasteiger partial charge >= 0.3 is 0 Å². The SMILES string of the molecule is CSc1cc(Cl)ncc1S(=O)(=O)NCC(F)F. The second kappa shape index (κ2) is 5.94. The molecule has 0 unspecified atom stereocenters. The standard InChI is InChI=1S/C8H9ClF2N2O2S2/c1-16-5-2-7(9)12-3-6(5)17(14,15)13-4-8(10)11/h2-3,8,13H,4H2,1H3. The van der Waals surface area contributed by atoms with Crippen molar-refractivity contribution in [2.24, 2.45) is 0 Å². The van der Waals surface area contributed by atoms with Crippen molar-refractivity contribution >= 4 is 33.4 Å².